The van der Waals surface area contributed by atoms with Gasteiger partial charge in [0.05, 0.1) is 5.54 Å². The summed E-state index contributed by atoms with van der Waals surface area (Å²) < 4.78 is 54.1. The predicted octanol–water partition coefficient (Wildman–Crippen LogP) is 3.94. The van der Waals surface area contributed by atoms with Crippen LogP contribution < -0.4 is 16.4 Å². The molecule has 0 radical (unpaired) electrons. The Morgan fingerprint density at radius 2 is 2.03 bits per heavy atom. The minimum absolute atomic E-state index is 0.137. The minimum Gasteiger partial charge on any atom is -0.378 e. The van der Waals surface area contributed by atoms with Crippen molar-refractivity contribution in [2.24, 2.45) is 10.7 Å². The van der Waals surface area contributed by atoms with E-state index in [0.29, 0.717) is 5.69 Å². The molecule has 1 spiro atoms. The Morgan fingerprint density at radius 1 is 1.30 bits per heavy atom. The molecule has 2 unspecified atom stereocenters. The van der Waals surface area contributed by atoms with Gasteiger partial charge in [0.1, 0.15) is 17.7 Å². The van der Waals surface area contributed by atoms with Gasteiger partial charge in [0.2, 0.25) is 0 Å². The molecule has 1 aliphatic carbocycles. The molecule has 10 heteroatoms. The third-order valence-corrected chi connectivity index (χ3v) is 6.62. The van der Waals surface area contributed by atoms with Crippen LogP contribution >= 0.6 is 11.8 Å². The molecule has 0 saturated heterocycles. The van der Waals surface area contributed by atoms with Gasteiger partial charge >= 0.3 is 0 Å². The highest BCUT2D eigenvalue weighted by atomic mass is 32.2. The normalized spacial score (nSPS) is 28.8. The van der Waals surface area contributed by atoms with Crippen LogP contribution in [-0.2, 0) is 10.3 Å². The molecule has 2 atom stereocenters. The van der Waals surface area contributed by atoms with Gasteiger partial charge in [0.25, 0.3) is 11.8 Å². The topological polar surface area (TPSA) is 79.5 Å². The van der Waals surface area contributed by atoms with Gasteiger partial charge in [-0.25, -0.2) is 17.6 Å². The maximum Gasteiger partial charge on any atom is 0.250 e. The number of carbonyl (C=O) groups is 1. The lowest BCUT2D eigenvalue weighted by atomic mass is 9.71. The molecule has 1 aromatic rings. The van der Waals surface area contributed by atoms with Crippen molar-refractivity contribution < 1.29 is 22.4 Å². The van der Waals surface area contributed by atoms with Crippen LogP contribution in [-0.4, -0.2) is 27.8 Å². The summed E-state index contributed by atoms with van der Waals surface area (Å²) in [6, 6.07) is 3.23. The van der Waals surface area contributed by atoms with E-state index in [0.717, 1.165) is 18.0 Å². The maximum atomic E-state index is 14.7. The smallest absolute Gasteiger partial charge is 0.250 e. The average Bonchev–Trinajstić information content (AvgIpc) is 2.61. The van der Waals surface area contributed by atoms with Gasteiger partial charge in [0.15, 0.2) is 5.17 Å². The van der Waals surface area contributed by atoms with E-state index in [9.17, 15) is 22.4 Å². The number of hydrogen-bond donors (Lipinski definition) is 3. The summed E-state index contributed by atoms with van der Waals surface area (Å²) in [5.41, 5.74) is 5.25. The number of amides is 1. The first-order chi connectivity index (χ1) is 14.0. The number of nitrogens with one attached hydrogen (secondary N) is 2. The highest BCUT2D eigenvalue weighted by molar-refractivity contribution is 8.15. The van der Waals surface area contributed by atoms with E-state index in [1.165, 1.54) is 30.4 Å². The molecule has 1 aromatic carbocycles. The number of aliphatic imine (C=N–C) groups is 1. The van der Waals surface area contributed by atoms with Crippen molar-refractivity contribution >= 4 is 28.5 Å². The van der Waals surface area contributed by atoms with Crippen molar-refractivity contribution in [2.75, 3.05) is 5.32 Å². The van der Waals surface area contributed by atoms with Gasteiger partial charge in [-0.05, 0) is 43.7 Å². The first-order valence-corrected chi connectivity index (χ1v) is 10.1. The molecule has 4 rings (SSSR count). The summed E-state index contributed by atoms with van der Waals surface area (Å²) in [5.74, 6) is -4.29. The molecule has 1 saturated carbocycles. The van der Waals surface area contributed by atoms with Crippen LogP contribution in [0.15, 0.2) is 47.4 Å². The van der Waals surface area contributed by atoms with Crippen LogP contribution in [0.5, 0.6) is 0 Å². The van der Waals surface area contributed by atoms with Crippen molar-refractivity contribution in [2.45, 2.75) is 48.4 Å². The predicted molar refractivity (Wildman–Crippen MR) is 108 cm³/mol. The van der Waals surface area contributed by atoms with Gasteiger partial charge in [0, 0.05) is 35.0 Å². The molecule has 4 N–H and O–H groups in total. The van der Waals surface area contributed by atoms with Crippen molar-refractivity contribution in [1.82, 2.24) is 5.32 Å². The van der Waals surface area contributed by atoms with E-state index < -0.39 is 39.8 Å². The largest absolute Gasteiger partial charge is 0.378 e. The molecule has 2 heterocycles. The number of allylic oxidation sites excluding steroid dienone is 2. The zero-order valence-corrected chi connectivity index (χ0v) is 16.8. The summed E-state index contributed by atoms with van der Waals surface area (Å²) in [5, 5.41) is 5.39. The SMILES string of the molecule is CC1(c2cc(NC(=O)C3C=CC(F)=CN3)ccc2F)CC2(CC(F)(F)C2)SC(N)=N1. The molecular weight excluding hydrogens is 420 g/mol. The average molecular weight is 440 g/mol. The van der Waals surface area contributed by atoms with Crippen LogP contribution in [0.1, 0.15) is 31.7 Å². The zero-order valence-electron chi connectivity index (χ0n) is 16.0. The Morgan fingerprint density at radius 3 is 2.67 bits per heavy atom. The number of rotatable bonds is 3. The molecule has 0 bridgehead atoms. The zero-order chi connectivity index (χ0) is 21.7. The van der Waals surface area contributed by atoms with Crippen molar-refractivity contribution in [3.63, 3.8) is 0 Å². The van der Waals surface area contributed by atoms with Gasteiger partial charge in [-0.2, -0.15) is 0 Å². The standard InChI is InChI=1S/C20H20F4N4OS/c1-18(8-19(30-17(25)28-18)9-20(23,24)10-19)13-6-12(3-4-14(13)22)27-16(29)15-5-2-11(21)7-26-15/h2-7,15,26H,8-10H2,1H3,(H2,25,28)(H,27,29). The second kappa shape index (κ2) is 7.04. The molecule has 160 valence electrons. The number of alkyl halides is 2. The van der Waals surface area contributed by atoms with Gasteiger partial charge < -0.3 is 16.4 Å². The van der Waals surface area contributed by atoms with Crippen molar-refractivity contribution in [1.29, 1.82) is 0 Å². The Bertz CT molecular complexity index is 985. The molecule has 30 heavy (non-hydrogen) atoms. The first-order valence-electron chi connectivity index (χ1n) is 9.32. The van der Waals surface area contributed by atoms with Crippen molar-refractivity contribution in [3.8, 4) is 0 Å². The second-order valence-electron chi connectivity index (χ2n) is 8.11. The lowest BCUT2D eigenvalue weighted by Crippen LogP contribution is -2.55. The lowest BCUT2D eigenvalue weighted by molar-refractivity contribution is -0.117. The third-order valence-electron chi connectivity index (χ3n) is 5.45. The fourth-order valence-corrected chi connectivity index (χ4v) is 5.91. The lowest BCUT2D eigenvalue weighted by Gasteiger charge is -2.52. The number of carbonyl (C=O) groups excluding carboxylic acids is 1. The Hall–Kier alpha value is -2.49. The van der Waals surface area contributed by atoms with Crippen LogP contribution in [0.25, 0.3) is 0 Å². The molecule has 1 fully saturated rings. The Labute approximate surface area is 174 Å². The molecule has 3 aliphatic rings. The molecule has 2 aliphatic heterocycles. The number of amidine groups is 1. The van der Waals surface area contributed by atoms with E-state index in [4.69, 9.17) is 5.73 Å². The summed E-state index contributed by atoms with van der Waals surface area (Å²) in [7, 11) is 0. The van der Waals surface area contributed by atoms with E-state index in [-0.39, 0.29) is 30.0 Å². The number of hydrogen-bond acceptors (Lipinski definition) is 5. The van der Waals surface area contributed by atoms with E-state index in [1.54, 1.807) is 6.92 Å². The molecule has 0 aromatic heterocycles. The number of dihydropyridines is 1. The molecule has 1 amide bonds. The molecule has 5 nitrogen and oxygen atoms in total. The number of anilines is 1. The monoisotopic (exact) mass is 440 g/mol. The highest BCUT2D eigenvalue weighted by Crippen LogP contribution is 2.60. The highest BCUT2D eigenvalue weighted by Gasteiger charge is 2.61. The summed E-state index contributed by atoms with van der Waals surface area (Å²) in [6.45, 7) is 1.65. The number of thioether (sulfide) groups is 1. The quantitative estimate of drug-likeness (QED) is 0.622. The van der Waals surface area contributed by atoms with Gasteiger partial charge in [-0.15, -0.1) is 0 Å². The number of halogens is 4. The second-order valence-corrected chi connectivity index (χ2v) is 9.60. The summed E-state index contributed by atoms with van der Waals surface area (Å²) in [6.07, 6.45) is 3.14. The summed E-state index contributed by atoms with van der Waals surface area (Å²) >= 11 is 1.12. The Balaban J connectivity index is 1.58. The van der Waals surface area contributed by atoms with Crippen LogP contribution in [0.4, 0.5) is 23.2 Å². The Kier molecular flexibility index (Phi) is 4.87. The molecular formula is C20H20F4N4OS. The van der Waals surface area contributed by atoms with Crippen LogP contribution in [0.2, 0.25) is 0 Å². The fraction of sp³-hybridized carbons (Fsp3) is 0.400. The number of nitrogens with zero attached hydrogens (tertiary/aromatic N) is 1. The van der Waals surface area contributed by atoms with Crippen LogP contribution in [0, 0.1) is 5.82 Å². The third kappa shape index (κ3) is 3.92. The van der Waals surface area contributed by atoms with Gasteiger partial charge in [-0.1, -0.05) is 11.8 Å². The van der Waals surface area contributed by atoms with E-state index >= 15 is 0 Å². The van der Waals surface area contributed by atoms with E-state index in [2.05, 4.69) is 15.6 Å². The van der Waals surface area contributed by atoms with Gasteiger partial charge in [-0.3, -0.25) is 9.79 Å². The number of nitrogens with two attached hydrogens (primary N) is 1. The minimum atomic E-state index is -2.76. The van der Waals surface area contributed by atoms with Crippen LogP contribution in [0.3, 0.4) is 0 Å². The first kappa shape index (κ1) is 20.8. The fourth-order valence-electron chi connectivity index (χ4n) is 4.29. The van der Waals surface area contributed by atoms with E-state index in [1.807, 2.05) is 0 Å². The summed E-state index contributed by atoms with van der Waals surface area (Å²) in [4.78, 5) is 16.8. The van der Waals surface area contributed by atoms with Crippen molar-refractivity contribution in [3.05, 3.63) is 53.8 Å². The maximum absolute atomic E-state index is 14.7. The number of benzene rings is 1.